The van der Waals surface area contributed by atoms with E-state index in [2.05, 4.69) is 0 Å². The van der Waals surface area contributed by atoms with Crippen LogP contribution in [0.25, 0.3) is 0 Å². The van der Waals surface area contributed by atoms with Gasteiger partial charge in [-0.15, -0.1) is 12.4 Å². The Labute approximate surface area is 90.5 Å². The molecule has 0 bridgehead atoms. The van der Waals surface area contributed by atoms with E-state index in [0.717, 1.165) is 3.57 Å². The maximum absolute atomic E-state index is 10.5. The monoisotopic (exact) mass is 320 g/mol. The minimum absolute atomic E-state index is 0. The molecule has 0 aromatic heterocycles. The van der Waals surface area contributed by atoms with Crippen LogP contribution < -0.4 is 0 Å². The van der Waals surface area contributed by atoms with E-state index >= 15 is 0 Å². The van der Waals surface area contributed by atoms with Crippen molar-refractivity contribution in [1.29, 1.82) is 0 Å². The molecule has 12 heavy (non-hydrogen) atoms. The van der Waals surface area contributed by atoms with Crippen molar-refractivity contribution in [3.63, 3.8) is 0 Å². The average molecular weight is 321 g/mol. The van der Waals surface area contributed by atoms with Gasteiger partial charge in [0.1, 0.15) is 0 Å². The summed E-state index contributed by atoms with van der Waals surface area (Å²) < 4.78 is 30.5. The van der Waals surface area contributed by atoms with Crippen molar-refractivity contribution >= 4 is 45.1 Å². The Morgan fingerprint density at radius 1 is 1.17 bits per heavy atom. The maximum Gasteiger partial charge on any atom is 0.294 e. The Balaban J connectivity index is 0.00000121. The minimum Gasteiger partial charge on any atom is -0.282 e. The summed E-state index contributed by atoms with van der Waals surface area (Å²) in [6.45, 7) is 0. The van der Waals surface area contributed by atoms with E-state index in [4.69, 9.17) is 4.55 Å². The summed E-state index contributed by atoms with van der Waals surface area (Å²) in [7, 11) is -4.02. The summed E-state index contributed by atoms with van der Waals surface area (Å²) in [6.07, 6.45) is 0. The average Bonchev–Trinajstić information content (AvgIpc) is 1.86. The molecule has 0 spiro atoms. The molecule has 0 unspecified atom stereocenters. The molecule has 1 aromatic carbocycles. The fourth-order valence-corrected chi connectivity index (χ4v) is 1.45. The van der Waals surface area contributed by atoms with Crippen LogP contribution >= 0.6 is 35.0 Å². The van der Waals surface area contributed by atoms with Crippen LogP contribution in [0.4, 0.5) is 0 Å². The van der Waals surface area contributed by atoms with Gasteiger partial charge in [0.15, 0.2) is 0 Å². The van der Waals surface area contributed by atoms with Gasteiger partial charge < -0.3 is 0 Å². The first-order valence-corrected chi connectivity index (χ1v) is 5.25. The molecule has 0 aliphatic rings. The molecule has 0 amide bonds. The zero-order valence-corrected chi connectivity index (χ0v) is 9.56. The fourth-order valence-electron chi connectivity index (χ4n) is 0.607. The molecule has 0 saturated heterocycles. The summed E-state index contributed by atoms with van der Waals surface area (Å²) in [5, 5.41) is 0. The molecule has 0 aliphatic carbocycles. The van der Waals surface area contributed by atoms with E-state index in [9.17, 15) is 8.42 Å². The lowest BCUT2D eigenvalue weighted by molar-refractivity contribution is 0.483. The van der Waals surface area contributed by atoms with E-state index in [-0.39, 0.29) is 17.3 Å². The lowest BCUT2D eigenvalue weighted by Crippen LogP contribution is -1.96. The fraction of sp³-hybridized carbons (Fsp3) is 0. The second-order valence-corrected chi connectivity index (χ2v) is 4.60. The van der Waals surface area contributed by atoms with Crippen LogP contribution in [0.1, 0.15) is 0 Å². The number of rotatable bonds is 1. The molecule has 0 fully saturated rings. The third-order valence-corrected chi connectivity index (χ3v) is 2.70. The molecular weight excluding hydrogens is 314 g/mol. The molecule has 0 saturated carbocycles. The summed E-state index contributed by atoms with van der Waals surface area (Å²) in [5.74, 6) is 0. The SMILES string of the molecule is Cl.O=S(=O)(O)c1ccc(I)cc1. The van der Waals surface area contributed by atoms with Gasteiger partial charge in [0.2, 0.25) is 0 Å². The smallest absolute Gasteiger partial charge is 0.282 e. The molecule has 0 heterocycles. The Morgan fingerprint density at radius 3 is 1.92 bits per heavy atom. The molecule has 1 aromatic rings. The number of hydrogen-bond acceptors (Lipinski definition) is 2. The van der Waals surface area contributed by atoms with Gasteiger partial charge in [-0.2, -0.15) is 8.42 Å². The van der Waals surface area contributed by atoms with Gasteiger partial charge in [0, 0.05) is 3.57 Å². The molecule has 3 nitrogen and oxygen atoms in total. The van der Waals surface area contributed by atoms with Crippen molar-refractivity contribution < 1.29 is 13.0 Å². The van der Waals surface area contributed by atoms with Gasteiger partial charge in [0.05, 0.1) is 4.90 Å². The van der Waals surface area contributed by atoms with E-state index in [1.165, 1.54) is 12.1 Å². The first-order chi connectivity index (χ1) is 5.00. The predicted octanol–water partition coefficient (Wildman–Crippen LogP) is 1.96. The predicted molar refractivity (Wildman–Crippen MR) is 56.2 cm³/mol. The topological polar surface area (TPSA) is 54.4 Å². The van der Waals surface area contributed by atoms with Crippen molar-refractivity contribution in [2.45, 2.75) is 4.90 Å². The van der Waals surface area contributed by atoms with Crippen LogP contribution in [0.3, 0.4) is 0 Å². The van der Waals surface area contributed by atoms with Crippen LogP contribution in [0.2, 0.25) is 0 Å². The van der Waals surface area contributed by atoms with Crippen molar-refractivity contribution in [3.05, 3.63) is 27.8 Å². The van der Waals surface area contributed by atoms with Crippen LogP contribution in [0.5, 0.6) is 0 Å². The van der Waals surface area contributed by atoms with Crippen molar-refractivity contribution in [1.82, 2.24) is 0 Å². The molecule has 1 N–H and O–H groups in total. The van der Waals surface area contributed by atoms with Gasteiger partial charge in [0.25, 0.3) is 10.1 Å². The summed E-state index contributed by atoms with van der Waals surface area (Å²) >= 11 is 2.05. The van der Waals surface area contributed by atoms with Gasteiger partial charge in [-0.3, -0.25) is 4.55 Å². The molecule has 68 valence electrons. The Bertz CT molecular complexity index is 346. The van der Waals surface area contributed by atoms with Crippen molar-refractivity contribution in [2.75, 3.05) is 0 Å². The Morgan fingerprint density at radius 2 is 1.58 bits per heavy atom. The van der Waals surface area contributed by atoms with Gasteiger partial charge in [-0.05, 0) is 46.9 Å². The van der Waals surface area contributed by atoms with E-state index in [0.29, 0.717) is 0 Å². The van der Waals surface area contributed by atoms with Gasteiger partial charge >= 0.3 is 0 Å². The largest absolute Gasteiger partial charge is 0.294 e. The highest BCUT2D eigenvalue weighted by atomic mass is 127. The van der Waals surface area contributed by atoms with Gasteiger partial charge in [-0.1, -0.05) is 0 Å². The lowest BCUT2D eigenvalue weighted by atomic mass is 10.4. The van der Waals surface area contributed by atoms with Crippen molar-refractivity contribution in [2.24, 2.45) is 0 Å². The van der Waals surface area contributed by atoms with Crippen LogP contribution in [-0.2, 0) is 10.1 Å². The molecule has 6 heteroatoms. The molecule has 0 aliphatic heterocycles. The highest BCUT2D eigenvalue weighted by Crippen LogP contribution is 2.10. The molecule has 0 radical (unpaired) electrons. The first-order valence-electron chi connectivity index (χ1n) is 2.73. The van der Waals surface area contributed by atoms with E-state index < -0.39 is 10.1 Å². The highest BCUT2D eigenvalue weighted by molar-refractivity contribution is 14.1. The van der Waals surface area contributed by atoms with E-state index in [1.807, 2.05) is 22.6 Å². The maximum atomic E-state index is 10.5. The standard InChI is InChI=1S/C6H5IO3S.ClH/c7-5-1-3-6(4-2-5)11(8,9)10;/h1-4H,(H,8,9,10);1H. The number of hydrogen-bond donors (Lipinski definition) is 1. The Hall–Kier alpha value is 0.150. The third kappa shape index (κ3) is 3.26. The molecule has 1 rings (SSSR count). The number of halogens is 2. The number of benzene rings is 1. The highest BCUT2D eigenvalue weighted by Gasteiger charge is 2.07. The van der Waals surface area contributed by atoms with E-state index in [1.54, 1.807) is 12.1 Å². The molecular formula is C6H6ClIO3S. The van der Waals surface area contributed by atoms with Crippen LogP contribution in [0, 0.1) is 3.57 Å². The van der Waals surface area contributed by atoms with Crippen LogP contribution in [0.15, 0.2) is 29.2 Å². The summed E-state index contributed by atoms with van der Waals surface area (Å²) in [6, 6.07) is 5.95. The zero-order chi connectivity index (χ0) is 8.48. The minimum atomic E-state index is -4.02. The molecule has 0 atom stereocenters. The zero-order valence-electron chi connectivity index (χ0n) is 5.77. The third-order valence-electron chi connectivity index (χ3n) is 1.11. The Kier molecular flexibility index (Phi) is 4.46. The second kappa shape index (κ2) is 4.40. The van der Waals surface area contributed by atoms with Crippen molar-refractivity contribution in [3.8, 4) is 0 Å². The normalized spacial score (nSPS) is 10.5. The lowest BCUT2D eigenvalue weighted by Gasteiger charge is -1.94. The summed E-state index contributed by atoms with van der Waals surface area (Å²) in [4.78, 5) is -0.0714. The quantitative estimate of drug-likeness (QED) is 0.636. The summed E-state index contributed by atoms with van der Waals surface area (Å²) in [5.41, 5.74) is 0. The second-order valence-electron chi connectivity index (χ2n) is 1.93. The van der Waals surface area contributed by atoms with Crippen LogP contribution in [-0.4, -0.2) is 13.0 Å². The first kappa shape index (κ1) is 12.2. The van der Waals surface area contributed by atoms with Gasteiger partial charge in [-0.25, -0.2) is 0 Å².